The highest BCUT2D eigenvalue weighted by Crippen LogP contribution is 2.21. The topological polar surface area (TPSA) is 29.3 Å². The second-order valence-corrected chi connectivity index (χ2v) is 3.80. The average molecular weight is 217 g/mol. The van der Waals surface area contributed by atoms with E-state index in [1.54, 1.807) is 13.0 Å². The van der Waals surface area contributed by atoms with Crippen molar-refractivity contribution in [2.75, 3.05) is 13.7 Å². The first-order valence-corrected chi connectivity index (χ1v) is 4.75. The summed E-state index contributed by atoms with van der Waals surface area (Å²) in [6, 6.07) is 3.10. The molecule has 0 amide bonds. The number of nitrogens with zero attached hydrogens (tertiary/aromatic N) is 1. The van der Waals surface area contributed by atoms with Crippen LogP contribution in [-0.2, 0) is 6.54 Å². The lowest BCUT2D eigenvalue weighted by molar-refractivity contribution is 0.337. The Morgan fingerprint density at radius 1 is 1.50 bits per heavy atom. The summed E-state index contributed by atoms with van der Waals surface area (Å²) in [5, 5.41) is 0.587. The van der Waals surface area contributed by atoms with Crippen LogP contribution >= 0.6 is 11.6 Å². The van der Waals surface area contributed by atoms with Gasteiger partial charge in [-0.05, 0) is 37.2 Å². The van der Waals surface area contributed by atoms with Gasteiger partial charge in [-0.2, -0.15) is 0 Å². The Balaban J connectivity index is 2.92. The van der Waals surface area contributed by atoms with Gasteiger partial charge >= 0.3 is 0 Å². The molecule has 0 saturated carbocycles. The molecule has 2 N–H and O–H groups in total. The Bertz CT molecular complexity index is 328. The van der Waals surface area contributed by atoms with Crippen LogP contribution in [0.15, 0.2) is 12.1 Å². The fourth-order valence-corrected chi connectivity index (χ4v) is 1.44. The van der Waals surface area contributed by atoms with Crippen molar-refractivity contribution < 1.29 is 4.39 Å². The van der Waals surface area contributed by atoms with Gasteiger partial charge in [0.25, 0.3) is 0 Å². The molecular formula is C10H14ClFN2. The molecular weight excluding hydrogens is 203 g/mol. The number of rotatable bonds is 3. The highest BCUT2D eigenvalue weighted by Gasteiger charge is 2.07. The van der Waals surface area contributed by atoms with E-state index in [0.29, 0.717) is 23.8 Å². The molecule has 0 aromatic heterocycles. The maximum Gasteiger partial charge on any atom is 0.126 e. The molecule has 0 aliphatic heterocycles. The number of hydrogen-bond donors (Lipinski definition) is 1. The summed E-state index contributed by atoms with van der Waals surface area (Å²) >= 11 is 5.97. The third kappa shape index (κ3) is 2.67. The summed E-state index contributed by atoms with van der Waals surface area (Å²) in [6.07, 6.45) is 0. The molecule has 1 rings (SSSR count). The number of aryl methyl sites for hydroxylation is 1. The van der Waals surface area contributed by atoms with Gasteiger partial charge in [0.1, 0.15) is 5.82 Å². The van der Waals surface area contributed by atoms with Crippen LogP contribution in [-0.4, -0.2) is 18.6 Å². The van der Waals surface area contributed by atoms with E-state index in [0.717, 1.165) is 5.56 Å². The second kappa shape index (κ2) is 4.73. The van der Waals surface area contributed by atoms with Crippen molar-refractivity contribution in [3.05, 3.63) is 34.1 Å². The fourth-order valence-electron chi connectivity index (χ4n) is 1.16. The van der Waals surface area contributed by atoms with Crippen LogP contribution in [0.5, 0.6) is 0 Å². The van der Waals surface area contributed by atoms with Crippen LogP contribution in [0.3, 0.4) is 0 Å². The minimum Gasteiger partial charge on any atom is -0.318 e. The van der Waals surface area contributed by atoms with E-state index in [9.17, 15) is 4.39 Å². The summed E-state index contributed by atoms with van der Waals surface area (Å²) in [5.74, 6) is -0.227. The zero-order chi connectivity index (χ0) is 10.7. The lowest BCUT2D eigenvalue weighted by Gasteiger charge is -2.15. The van der Waals surface area contributed by atoms with E-state index < -0.39 is 0 Å². The maximum atomic E-state index is 13.2. The van der Waals surface area contributed by atoms with Gasteiger partial charge in [0.2, 0.25) is 0 Å². The van der Waals surface area contributed by atoms with Crippen molar-refractivity contribution in [2.45, 2.75) is 13.5 Å². The average Bonchev–Trinajstić information content (AvgIpc) is 2.14. The molecule has 78 valence electrons. The molecule has 1 aromatic carbocycles. The second-order valence-electron chi connectivity index (χ2n) is 3.39. The van der Waals surface area contributed by atoms with Crippen LogP contribution in [0, 0.1) is 12.7 Å². The van der Waals surface area contributed by atoms with Crippen molar-refractivity contribution >= 4 is 11.6 Å². The van der Waals surface area contributed by atoms with Crippen molar-refractivity contribution in [3.63, 3.8) is 0 Å². The zero-order valence-corrected chi connectivity index (χ0v) is 9.11. The van der Waals surface area contributed by atoms with Gasteiger partial charge in [0.05, 0.1) is 0 Å². The van der Waals surface area contributed by atoms with Crippen LogP contribution < -0.4 is 5.73 Å². The molecule has 0 fully saturated rings. The molecule has 0 atom stereocenters. The first-order valence-electron chi connectivity index (χ1n) is 4.37. The molecule has 4 heteroatoms. The third-order valence-electron chi connectivity index (χ3n) is 2.08. The molecule has 2 nitrogen and oxygen atoms in total. The van der Waals surface area contributed by atoms with Crippen molar-refractivity contribution in [1.29, 1.82) is 0 Å². The van der Waals surface area contributed by atoms with E-state index in [4.69, 9.17) is 17.3 Å². The number of benzene rings is 1. The van der Waals surface area contributed by atoms with Crippen LogP contribution in [0.1, 0.15) is 11.1 Å². The summed E-state index contributed by atoms with van der Waals surface area (Å²) in [5.41, 5.74) is 6.76. The molecule has 0 bridgehead atoms. The van der Waals surface area contributed by atoms with E-state index in [1.807, 2.05) is 11.9 Å². The Kier molecular flexibility index (Phi) is 3.86. The molecule has 0 heterocycles. The lowest BCUT2D eigenvalue weighted by atomic mass is 10.1. The van der Waals surface area contributed by atoms with Gasteiger partial charge in [0, 0.05) is 18.2 Å². The molecule has 0 aliphatic rings. The molecule has 0 spiro atoms. The van der Waals surface area contributed by atoms with Crippen LogP contribution in [0.25, 0.3) is 0 Å². The molecule has 0 radical (unpaired) electrons. The number of hydrogen-bond acceptors (Lipinski definition) is 2. The van der Waals surface area contributed by atoms with Crippen molar-refractivity contribution in [3.8, 4) is 0 Å². The Labute approximate surface area is 88.5 Å². The SMILES string of the molecule is Cc1cc(Cl)c(CN(C)CN)cc1F. The monoisotopic (exact) mass is 216 g/mol. The lowest BCUT2D eigenvalue weighted by Crippen LogP contribution is -2.25. The zero-order valence-electron chi connectivity index (χ0n) is 8.35. The molecule has 1 aromatic rings. The number of nitrogens with two attached hydrogens (primary N) is 1. The predicted molar refractivity (Wildman–Crippen MR) is 56.7 cm³/mol. The molecule has 0 aliphatic carbocycles. The number of halogens is 2. The van der Waals surface area contributed by atoms with E-state index in [2.05, 4.69) is 0 Å². The smallest absolute Gasteiger partial charge is 0.126 e. The van der Waals surface area contributed by atoms with Crippen LogP contribution in [0.2, 0.25) is 5.02 Å². The Morgan fingerprint density at radius 2 is 2.14 bits per heavy atom. The maximum absolute atomic E-state index is 13.2. The van der Waals surface area contributed by atoms with E-state index >= 15 is 0 Å². The van der Waals surface area contributed by atoms with Crippen molar-refractivity contribution in [2.24, 2.45) is 5.73 Å². The first kappa shape index (κ1) is 11.4. The summed E-state index contributed by atoms with van der Waals surface area (Å²) in [7, 11) is 1.86. The standard InChI is InChI=1S/C10H14ClFN2/c1-7-3-9(11)8(4-10(7)12)5-14(2)6-13/h3-4H,5-6,13H2,1-2H3. The first-order chi connectivity index (χ1) is 6.54. The van der Waals surface area contributed by atoms with Gasteiger partial charge in [-0.15, -0.1) is 0 Å². The van der Waals surface area contributed by atoms with Gasteiger partial charge in [0.15, 0.2) is 0 Å². The van der Waals surface area contributed by atoms with Crippen LogP contribution in [0.4, 0.5) is 4.39 Å². The molecule has 14 heavy (non-hydrogen) atoms. The quantitative estimate of drug-likeness (QED) is 0.785. The minimum absolute atomic E-state index is 0.227. The third-order valence-corrected chi connectivity index (χ3v) is 2.43. The largest absolute Gasteiger partial charge is 0.318 e. The summed E-state index contributed by atoms with van der Waals surface area (Å²) in [4.78, 5) is 1.86. The highest BCUT2D eigenvalue weighted by molar-refractivity contribution is 6.31. The minimum atomic E-state index is -0.227. The molecule has 0 saturated heterocycles. The van der Waals surface area contributed by atoms with Gasteiger partial charge in [-0.25, -0.2) is 4.39 Å². The summed E-state index contributed by atoms with van der Waals surface area (Å²) < 4.78 is 13.2. The molecule has 0 unspecified atom stereocenters. The van der Waals surface area contributed by atoms with Gasteiger partial charge < -0.3 is 5.73 Å². The Hall–Kier alpha value is -0.640. The van der Waals surface area contributed by atoms with E-state index in [-0.39, 0.29) is 5.82 Å². The predicted octanol–water partition coefficient (Wildman–Crippen LogP) is 2.14. The highest BCUT2D eigenvalue weighted by atomic mass is 35.5. The van der Waals surface area contributed by atoms with Gasteiger partial charge in [-0.1, -0.05) is 11.6 Å². The van der Waals surface area contributed by atoms with Crippen molar-refractivity contribution in [1.82, 2.24) is 4.90 Å². The summed E-state index contributed by atoms with van der Waals surface area (Å²) in [6.45, 7) is 2.68. The van der Waals surface area contributed by atoms with E-state index in [1.165, 1.54) is 6.07 Å². The fraction of sp³-hybridized carbons (Fsp3) is 0.400. The van der Waals surface area contributed by atoms with Gasteiger partial charge in [-0.3, -0.25) is 4.90 Å². The Morgan fingerprint density at radius 3 is 2.71 bits per heavy atom. The normalized spacial score (nSPS) is 11.0.